The quantitative estimate of drug-likeness (QED) is 0.384. The van der Waals surface area contributed by atoms with E-state index in [9.17, 15) is 14.4 Å². The Bertz CT molecular complexity index is 1020. The molecule has 2 saturated heterocycles. The van der Waals surface area contributed by atoms with Gasteiger partial charge in [-0.2, -0.15) is 0 Å². The van der Waals surface area contributed by atoms with E-state index in [2.05, 4.69) is 38.2 Å². The lowest BCUT2D eigenvalue weighted by Crippen LogP contribution is -2.65. The van der Waals surface area contributed by atoms with Crippen molar-refractivity contribution in [1.29, 1.82) is 0 Å². The molecule has 5 fully saturated rings. The summed E-state index contributed by atoms with van der Waals surface area (Å²) < 4.78 is 18.5. The number of nitrogens with zero attached hydrogens (tertiary/aromatic N) is 1. The molecule has 1 N–H and O–H groups in total. The number of nitrogens with one attached hydrogen (secondary N) is 1. The summed E-state index contributed by atoms with van der Waals surface area (Å²) in [5.41, 5.74) is 1.06. The number of hydrogen-bond acceptors (Lipinski definition) is 6. The molecule has 9 heteroatoms. The molecular formula is C28H39BN2O6. The minimum absolute atomic E-state index is 0.000639. The highest BCUT2D eigenvalue weighted by Gasteiger charge is 2.68. The summed E-state index contributed by atoms with van der Waals surface area (Å²) in [6.07, 6.45) is 4.70. The number of ether oxygens (including phenoxy) is 1. The second-order valence-corrected chi connectivity index (χ2v) is 12.0. The molecule has 6 rings (SSSR count). The van der Waals surface area contributed by atoms with Gasteiger partial charge in [-0.05, 0) is 61.8 Å². The zero-order chi connectivity index (χ0) is 26.4. The average Bonchev–Trinajstić information content (AvgIpc) is 3.40. The van der Waals surface area contributed by atoms with E-state index < -0.39 is 30.6 Å². The molecule has 3 amide bonds. The van der Waals surface area contributed by atoms with Crippen LogP contribution < -0.4 is 5.32 Å². The summed E-state index contributed by atoms with van der Waals surface area (Å²) in [5.74, 6) is -0.454. The highest BCUT2D eigenvalue weighted by atomic mass is 16.7. The first kappa shape index (κ1) is 26.4. The van der Waals surface area contributed by atoms with Gasteiger partial charge in [0, 0.05) is 20.0 Å². The van der Waals surface area contributed by atoms with Crippen molar-refractivity contribution in [3.05, 3.63) is 35.9 Å². The maximum atomic E-state index is 13.5. The average molecular weight is 510 g/mol. The van der Waals surface area contributed by atoms with E-state index in [0.717, 1.165) is 30.6 Å². The fraction of sp³-hybridized carbons (Fsp3) is 0.679. The van der Waals surface area contributed by atoms with E-state index in [1.54, 1.807) is 0 Å². The summed E-state index contributed by atoms with van der Waals surface area (Å²) in [6.45, 7) is 6.76. The SMILES string of the molecule is COCC(C(=O)NC(CCCc1ccccc1)B1O[C@@H]2C[C@@H]3C[C@@H](C3(C)C)[C@]2(C)O1)N1C(=O)CCC1=O. The van der Waals surface area contributed by atoms with Crippen LogP contribution in [0, 0.1) is 17.3 Å². The molecule has 1 aromatic carbocycles. The van der Waals surface area contributed by atoms with Crippen LogP contribution in [0.15, 0.2) is 30.3 Å². The first-order valence-corrected chi connectivity index (χ1v) is 13.7. The van der Waals surface area contributed by atoms with Gasteiger partial charge in [0.2, 0.25) is 17.7 Å². The van der Waals surface area contributed by atoms with Gasteiger partial charge in [-0.15, -0.1) is 0 Å². The molecule has 2 bridgehead atoms. The van der Waals surface area contributed by atoms with Gasteiger partial charge in [0.1, 0.15) is 6.04 Å². The smallest absolute Gasteiger partial charge is 0.404 e. The Labute approximate surface area is 219 Å². The van der Waals surface area contributed by atoms with Crippen LogP contribution in [0.3, 0.4) is 0 Å². The highest BCUT2D eigenvalue weighted by molar-refractivity contribution is 6.48. The van der Waals surface area contributed by atoms with E-state index in [4.69, 9.17) is 14.0 Å². The number of likely N-dealkylation sites (tertiary alicyclic amines) is 1. The van der Waals surface area contributed by atoms with Crippen molar-refractivity contribution < 1.29 is 28.4 Å². The molecule has 5 aliphatic rings. The van der Waals surface area contributed by atoms with E-state index in [-0.39, 0.29) is 42.8 Å². The van der Waals surface area contributed by atoms with Crippen molar-refractivity contribution in [1.82, 2.24) is 10.2 Å². The van der Waals surface area contributed by atoms with Crippen molar-refractivity contribution in [2.75, 3.05) is 13.7 Å². The van der Waals surface area contributed by atoms with Crippen LogP contribution in [0.4, 0.5) is 0 Å². The molecule has 200 valence electrons. The number of carbonyl (C=O) groups excluding carboxylic acids is 3. The summed E-state index contributed by atoms with van der Waals surface area (Å²) in [5, 5.41) is 3.11. The molecule has 3 aliphatic carbocycles. The predicted molar refractivity (Wildman–Crippen MR) is 138 cm³/mol. The molecule has 8 nitrogen and oxygen atoms in total. The Morgan fingerprint density at radius 3 is 2.51 bits per heavy atom. The first-order valence-electron chi connectivity index (χ1n) is 13.7. The topological polar surface area (TPSA) is 94.2 Å². The normalized spacial score (nSPS) is 31.6. The summed E-state index contributed by atoms with van der Waals surface area (Å²) in [6, 6.07) is 9.24. The lowest BCUT2D eigenvalue weighted by molar-refractivity contribution is -0.199. The number of imide groups is 1. The molecule has 3 saturated carbocycles. The third kappa shape index (κ3) is 4.74. The van der Waals surface area contributed by atoms with Gasteiger partial charge in [0.25, 0.3) is 0 Å². The van der Waals surface area contributed by atoms with Gasteiger partial charge in [0.15, 0.2) is 0 Å². The van der Waals surface area contributed by atoms with Crippen LogP contribution in [0.25, 0.3) is 0 Å². The minimum atomic E-state index is -1.00. The molecule has 2 heterocycles. The van der Waals surface area contributed by atoms with Crippen molar-refractivity contribution in [3.8, 4) is 0 Å². The Morgan fingerprint density at radius 1 is 1.16 bits per heavy atom. The van der Waals surface area contributed by atoms with Gasteiger partial charge in [0.05, 0.1) is 24.3 Å². The van der Waals surface area contributed by atoms with E-state index in [1.807, 2.05) is 18.2 Å². The molecule has 0 radical (unpaired) electrons. The lowest BCUT2D eigenvalue weighted by Gasteiger charge is -2.64. The largest absolute Gasteiger partial charge is 0.481 e. The van der Waals surface area contributed by atoms with Crippen molar-refractivity contribution in [2.24, 2.45) is 17.3 Å². The van der Waals surface area contributed by atoms with Crippen LogP contribution in [-0.4, -0.2) is 67.1 Å². The van der Waals surface area contributed by atoms with Crippen molar-refractivity contribution >= 4 is 24.8 Å². The van der Waals surface area contributed by atoms with E-state index >= 15 is 0 Å². The predicted octanol–water partition coefficient (Wildman–Crippen LogP) is 2.93. The molecule has 1 aromatic rings. The molecule has 2 aliphatic heterocycles. The standard InChI is InChI=1S/C28H39BN2O6/c1-27(2)19-15-21(27)28(3)22(16-19)36-29(37-28)23(12-8-11-18-9-6-5-7-10-18)30-26(34)20(17-35-4)31-24(32)13-14-25(31)33/h5-7,9-10,19-23H,8,11-17H2,1-4H3,(H,30,34)/t19-,20?,21-,22+,23?,28-/m0/s1. The fourth-order valence-corrected chi connectivity index (χ4v) is 7.16. The number of aryl methyl sites for hydroxylation is 1. The van der Waals surface area contributed by atoms with Gasteiger partial charge in [-0.3, -0.25) is 19.3 Å². The maximum Gasteiger partial charge on any atom is 0.481 e. The summed E-state index contributed by atoms with van der Waals surface area (Å²) in [7, 11) is 0.878. The number of hydrogen-bond donors (Lipinski definition) is 1. The maximum absolute atomic E-state index is 13.5. The molecule has 0 spiro atoms. The van der Waals surface area contributed by atoms with Crippen LogP contribution in [0.1, 0.15) is 64.9 Å². The second-order valence-electron chi connectivity index (χ2n) is 12.0. The Morgan fingerprint density at radius 2 is 1.86 bits per heavy atom. The Hall–Kier alpha value is -2.23. The van der Waals surface area contributed by atoms with Gasteiger partial charge < -0.3 is 19.4 Å². The fourth-order valence-electron chi connectivity index (χ4n) is 7.16. The third-order valence-electron chi connectivity index (χ3n) is 9.48. The second kappa shape index (κ2) is 10.2. The van der Waals surface area contributed by atoms with Crippen LogP contribution in [-0.2, 0) is 34.9 Å². The lowest BCUT2D eigenvalue weighted by atomic mass is 9.43. The molecular weight excluding hydrogens is 471 g/mol. The number of amides is 3. The monoisotopic (exact) mass is 510 g/mol. The van der Waals surface area contributed by atoms with Gasteiger partial charge in [-0.1, -0.05) is 44.2 Å². The van der Waals surface area contributed by atoms with Crippen LogP contribution in [0.2, 0.25) is 0 Å². The first-order chi connectivity index (χ1) is 17.6. The summed E-state index contributed by atoms with van der Waals surface area (Å²) in [4.78, 5) is 39.4. The Kier molecular flexibility index (Phi) is 7.24. The Balaban J connectivity index is 1.33. The molecule has 2 unspecified atom stereocenters. The number of methoxy groups -OCH3 is 1. The summed E-state index contributed by atoms with van der Waals surface area (Å²) >= 11 is 0. The van der Waals surface area contributed by atoms with E-state index in [0.29, 0.717) is 18.3 Å². The van der Waals surface area contributed by atoms with E-state index in [1.165, 1.54) is 12.7 Å². The third-order valence-corrected chi connectivity index (χ3v) is 9.48. The zero-order valence-corrected chi connectivity index (χ0v) is 22.4. The highest BCUT2D eigenvalue weighted by Crippen LogP contribution is 2.65. The zero-order valence-electron chi connectivity index (χ0n) is 22.4. The molecule has 0 aromatic heterocycles. The minimum Gasteiger partial charge on any atom is -0.404 e. The number of benzene rings is 1. The van der Waals surface area contributed by atoms with Crippen LogP contribution in [0.5, 0.6) is 0 Å². The number of rotatable bonds is 10. The molecule has 37 heavy (non-hydrogen) atoms. The van der Waals surface area contributed by atoms with Crippen LogP contribution >= 0.6 is 0 Å². The van der Waals surface area contributed by atoms with Crippen molar-refractivity contribution in [2.45, 2.75) is 89.4 Å². The van der Waals surface area contributed by atoms with Crippen molar-refractivity contribution in [3.63, 3.8) is 0 Å². The molecule has 6 atom stereocenters. The van der Waals surface area contributed by atoms with Gasteiger partial charge >= 0.3 is 7.12 Å². The number of carbonyl (C=O) groups is 3. The van der Waals surface area contributed by atoms with Gasteiger partial charge in [-0.25, -0.2) is 0 Å².